The van der Waals surface area contributed by atoms with E-state index in [1.54, 1.807) is 41.3 Å². The van der Waals surface area contributed by atoms with Gasteiger partial charge in [0.25, 0.3) is 0 Å². The van der Waals surface area contributed by atoms with Crippen molar-refractivity contribution in [3.8, 4) is 0 Å². The summed E-state index contributed by atoms with van der Waals surface area (Å²) in [5.41, 5.74) is 2.20. The fourth-order valence-electron chi connectivity index (χ4n) is 2.98. The smallest absolute Gasteiger partial charge is 0.322 e. The maximum absolute atomic E-state index is 13.1. The molecule has 2 N–H and O–H groups in total. The molecule has 1 heterocycles. The second kappa shape index (κ2) is 7.99. The molecule has 0 spiro atoms. The predicted molar refractivity (Wildman–Crippen MR) is 99.5 cm³/mol. The normalized spacial score (nSPS) is 15.9. The van der Waals surface area contributed by atoms with Crippen molar-refractivity contribution in [2.75, 3.05) is 17.2 Å². The van der Waals surface area contributed by atoms with Gasteiger partial charge < -0.3 is 15.5 Å². The molecule has 3 rings (SSSR count). The maximum Gasteiger partial charge on any atom is 0.322 e. The van der Waals surface area contributed by atoms with E-state index in [0.29, 0.717) is 24.3 Å². The van der Waals surface area contributed by atoms with E-state index in [-0.39, 0.29) is 23.8 Å². The molecule has 1 aliphatic rings. The van der Waals surface area contributed by atoms with Gasteiger partial charge in [0.15, 0.2) is 0 Å². The van der Waals surface area contributed by atoms with Gasteiger partial charge >= 0.3 is 6.03 Å². The van der Waals surface area contributed by atoms with Crippen LogP contribution in [0, 0.1) is 5.82 Å². The zero-order chi connectivity index (χ0) is 18.5. The van der Waals surface area contributed by atoms with Crippen LogP contribution in [0.2, 0.25) is 0 Å². The molecule has 3 amide bonds. The van der Waals surface area contributed by atoms with Crippen molar-refractivity contribution in [3.05, 3.63) is 59.9 Å². The van der Waals surface area contributed by atoms with Crippen LogP contribution in [0.25, 0.3) is 0 Å². The Hall–Kier alpha value is -2.89. The Kier molecular flexibility index (Phi) is 5.51. The van der Waals surface area contributed by atoms with Crippen LogP contribution in [-0.4, -0.2) is 23.4 Å². The Morgan fingerprint density at radius 2 is 1.81 bits per heavy atom. The summed E-state index contributed by atoms with van der Waals surface area (Å²) in [6.45, 7) is 2.60. The van der Waals surface area contributed by atoms with E-state index in [4.69, 9.17) is 0 Å². The first-order chi connectivity index (χ1) is 12.6. The van der Waals surface area contributed by atoms with Gasteiger partial charge in [0, 0.05) is 24.3 Å². The van der Waals surface area contributed by atoms with E-state index in [1.807, 2.05) is 6.92 Å². The molecular weight excluding hydrogens is 333 g/mol. The van der Waals surface area contributed by atoms with E-state index in [0.717, 1.165) is 18.4 Å². The lowest BCUT2D eigenvalue weighted by Gasteiger charge is -2.41. The minimum atomic E-state index is -0.286. The van der Waals surface area contributed by atoms with Crippen LogP contribution in [0.4, 0.5) is 20.6 Å². The lowest BCUT2D eigenvalue weighted by atomic mass is 9.95. The molecule has 1 aliphatic heterocycles. The number of rotatable bonds is 5. The second-order valence-electron chi connectivity index (χ2n) is 6.36. The van der Waals surface area contributed by atoms with Crippen LogP contribution in [0.1, 0.15) is 37.8 Å². The highest BCUT2D eigenvalue weighted by Gasteiger charge is 2.33. The predicted octanol–water partition coefficient (Wildman–Crippen LogP) is 4.54. The molecule has 0 aromatic heterocycles. The molecule has 0 bridgehead atoms. The van der Waals surface area contributed by atoms with Crippen molar-refractivity contribution in [1.82, 2.24) is 4.90 Å². The van der Waals surface area contributed by atoms with Gasteiger partial charge in [0.1, 0.15) is 5.82 Å². The monoisotopic (exact) mass is 355 g/mol. The zero-order valence-corrected chi connectivity index (χ0v) is 14.7. The molecule has 0 aliphatic carbocycles. The number of urea groups is 1. The molecular formula is C20H22FN3O2. The third kappa shape index (κ3) is 4.20. The largest absolute Gasteiger partial charge is 0.326 e. The Morgan fingerprint density at radius 1 is 1.12 bits per heavy atom. The summed E-state index contributed by atoms with van der Waals surface area (Å²) >= 11 is 0. The second-order valence-corrected chi connectivity index (χ2v) is 6.36. The molecule has 1 fully saturated rings. The maximum atomic E-state index is 13.1. The summed E-state index contributed by atoms with van der Waals surface area (Å²) in [7, 11) is 0. The lowest BCUT2D eigenvalue weighted by molar-refractivity contribution is -0.116. The molecule has 2 aromatic carbocycles. The van der Waals surface area contributed by atoms with Gasteiger partial charge in [-0.1, -0.05) is 25.1 Å². The number of hydrogen-bond donors (Lipinski definition) is 2. The van der Waals surface area contributed by atoms with Crippen LogP contribution in [-0.2, 0) is 4.79 Å². The van der Waals surface area contributed by atoms with Crippen molar-refractivity contribution in [1.29, 1.82) is 0 Å². The first-order valence-corrected chi connectivity index (χ1v) is 8.80. The van der Waals surface area contributed by atoms with E-state index in [1.165, 1.54) is 12.1 Å². The molecule has 0 saturated carbocycles. The number of likely N-dealkylation sites (tertiary alicyclic amines) is 1. The summed E-state index contributed by atoms with van der Waals surface area (Å²) < 4.78 is 13.1. The molecule has 5 nitrogen and oxygen atoms in total. The molecule has 1 atom stereocenters. The lowest BCUT2D eigenvalue weighted by Crippen LogP contribution is -2.47. The highest BCUT2D eigenvalue weighted by molar-refractivity contribution is 5.93. The van der Waals surface area contributed by atoms with Gasteiger partial charge in [-0.25, -0.2) is 9.18 Å². The first kappa shape index (κ1) is 17.9. The van der Waals surface area contributed by atoms with Crippen molar-refractivity contribution in [2.24, 2.45) is 0 Å². The number of benzene rings is 2. The van der Waals surface area contributed by atoms with Crippen LogP contribution in [0.3, 0.4) is 0 Å². The van der Waals surface area contributed by atoms with Gasteiger partial charge in [-0.3, -0.25) is 4.79 Å². The van der Waals surface area contributed by atoms with E-state index in [9.17, 15) is 14.0 Å². The number of nitrogens with zero attached hydrogens (tertiary/aromatic N) is 1. The quantitative estimate of drug-likeness (QED) is 0.827. The van der Waals surface area contributed by atoms with Crippen molar-refractivity contribution in [2.45, 2.75) is 32.2 Å². The average Bonchev–Trinajstić information content (AvgIpc) is 2.56. The van der Waals surface area contributed by atoms with Gasteiger partial charge in [-0.05, 0) is 48.7 Å². The van der Waals surface area contributed by atoms with Crippen LogP contribution >= 0.6 is 0 Å². The minimum absolute atomic E-state index is 0.0389. The Balaban J connectivity index is 1.63. The molecule has 0 unspecified atom stereocenters. The highest BCUT2D eigenvalue weighted by atomic mass is 19.1. The third-order valence-corrected chi connectivity index (χ3v) is 4.41. The average molecular weight is 355 g/mol. The Morgan fingerprint density at radius 3 is 2.42 bits per heavy atom. The molecule has 2 aromatic rings. The highest BCUT2D eigenvalue weighted by Crippen LogP contribution is 2.33. The number of nitrogens with one attached hydrogen (secondary N) is 2. The van der Waals surface area contributed by atoms with E-state index in [2.05, 4.69) is 10.6 Å². The molecule has 1 saturated heterocycles. The molecule has 26 heavy (non-hydrogen) atoms. The molecule has 6 heteroatoms. The minimum Gasteiger partial charge on any atom is -0.326 e. The van der Waals surface area contributed by atoms with Gasteiger partial charge in [-0.2, -0.15) is 0 Å². The number of halogens is 1. The summed E-state index contributed by atoms with van der Waals surface area (Å²) in [6.07, 6.45) is 2.10. The Bertz CT molecular complexity index is 792. The SMILES string of the molecule is CCCC(=O)Nc1cccc(NC(=O)N2CC[C@H]2c2ccc(F)cc2)c1. The number of carbonyl (C=O) groups is 2. The number of hydrogen-bond acceptors (Lipinski definition) is 2. The topological polar surface area (TPSA) is 61.4 Å². The Labute approximate surface area is 152 Å². The summed E-state index contributed by atoms with van der Waals surface area (Å²) in [5, 5.41) is 5.68. The summed E-state index contributed by atoms with van der Waals surface area (Å²) in [5.74, 6) is -0.332. The van der Waals surface area contributed by atoms with Crippen molar-refractivity contribution in [3.63, 3.8) is 0 Å². The van der Waals surface area contributed by atoms with Crippen molar-refractivity contribution < 1.29 is 14.0 Å². The standard InChI is InChI=1S/C20H22FN3O2/c1-2-4-19(25)22-16-5-3-6-17(13-16)23-20(26)24-12-11-18(24)14-7-9-15(21)10-8-14/h3,5-10,13,18H,2,4,11-12H2,1H3,(H,22,25)(H,23,26)/t18-/m0/s1. The van der Waals surface area contributed by atoms with E-state index < -0.39 is 0 Å². The molecule has 136 valence electrons. The van der Waals surface area contributed by atoms with Crippen LogP contribution in [0.5, 0.6) is 0 Å². The molecule has 0 radical (unpaired) electrons. The van der Waals surface area contributed by atoms with Gasteiger partial charge in [0.2, 0.25) is 5.91 Å². The summed E-state index contributed by atoms with van der Waals surface area (Å²) in [6, 6.07) is 13.1. The number of carbonyl (C=O) groups excluding carboxylic acids is 2. The fraction of sp³-hybridized carbons (Fsp3) is 0.300. The van der Waals surface area contributed by atoms with E-state index >= 15 is 0 Å². The number of amides is 3. The van der Waals surface area contributed by atoms with Crippen LogP contribution < -0.4 is 10.6 Å². The summed E-state index contributed by atoms with van der Waals surface area (Å²) in [4.78, 5) is 26.0. The fourth-order valence-corrected chi connectivity index (χ4v) is 2.98. The first-order valence-electron chi connectivity index (χ1n) is 8.80. The van der Waals surface area contributed by atoms with Gasteiger partial charge in [0.05, 0.1) is 6.04 Å². The van der Waals surface area contributed by atoms with Crippen LogP contribution in [0.15, 0.2) is 48.5 Å². The van der Waals surface area contributed by atoms with Crippen molar-refractivity contribution >= 4 is 23.3 Å². The van der Waals surface area contributed by atoms with Gasteiger partial charge in [-0.15, -0.1) is 0 Å². The zero-order valence-electron chi connectivity index (χ0n) is 14.7. The number of anilines is 2. The third-order valence-electron chi connectivity index (χ3n) is 4.41.